The van der Waals surface area contributed by atoms with Crippen molar-refractivity contribution >= 4 is 41.0 Å². The summed E-state index contributed by atoms with van der Waals surface area (Å²) in [7, 11) is 0. The topological polar surface area (TPSA) is 141 Å². The Kier molecular flexibility index (Phi) is 10.7. The predicted molar refractivity (Wildman–Crippen MR) is 159 cm³/mol. The first kappa shape index (κ1) is 30.1. The lowest BCUT2D eigenvalue weighted by Crippen LogP contribution is -2.53. The van der Waals surface area contributed by atoms with E-state index in [-0.39, 0.29) is 42.4 Å². The number of carbonyl (C=O) groups is 2. The molecule has 2 amide bonds. The number of rotatable bonds is 11. The second-order valence-electron chi connectivity index (χ2n) is 10.7. The zero-order valence-electron chi connectivity index (χ0n) is 22.6. The van der Waals surface area contributed by atoms with E-state index in [4.69, 9.17) is 40.1 Å². The minimum absolute atomic E-state index is 0.0376. The molecule has 2 saturated heterocycles. The summed E-state index contributed by atoms with van der Waals surface area (Å²) >= 11 is 12.2. The van der Waals surface area contributed by atoms with Gasteiger partial charge in [0.15, 0.2) is 5.96 Å². The Morgan fingerprint density at radius 3 is 2.60 bits per heavy atom. The van der Waals surface area contributed by atoms with Crippen molar-refractivity contribution in [2.75, 3.05) is 19.6 Å². The number of benzene rings is 2. The van der Waals surface area contributed by atoms with Gasteiger partial charge in [0, 0.05) is 38.3 Å². The van der Waals surface area contributed by atoms with Crippen LogP contribution in [0.15, 0.2) is 48.5 Å². The summed E-state index contributed by atoms with van der Waals surface area (Å²) < 4.78 is 0. The molecule has 2 aliphatic rings. The number of halogens is 2. The number of hydrogen-bond acceptors (Lipinski definition) is 5. The zero-order valence-corrected chi connectivity index (χ0v) is 24.1. The third-order valence-electron chi connectivity index (χ3n) is 7.82. The highest BCUT2D eigenvalue weighted by Crippen LogP contribution is 2.30. The van der Waals surface area contributed by atoms with Gasteiger partial charge in [0.05, 0.1) is 16.1 Å². The Hall–Kier alpha value is -2.85. The smallest absolute Gasteiger partial charge is 0.243 e. The quantitative estimate of drug-likeness (QED) is 0.155. The van der Waals surface area contributed by atoms with Crippen LogP contribution in [0, 0.1) is 5.41 Å². The van der Waals surface area contributed by atoms with Gasteiger partial charge in [-0.3, -0.25) is 19.9 Å². The lowest BCUT2D eigenvalue weighted by atomic mass is 10.0. The highest BCUT2D eigenvalue weighted by atomic mass is 35.5. The van der Waals surface area contributed by atoms with E-state index in [2.05, 4.69) is 27.7 Å². The molecule has 2 aliphatic heterocycles. The summed E-state index contributed by atoms with van der Waals surface area (Å²) in [4.78, 5) is 31.6. The summed E-state index contributed by atoms with van der Waals surface area (Å²) in [5.74, 6) is -0.383. The van der Waals surface area contributed by atoms with Crippen molar-refractivity contribution in [3.8, 4) is 0 Å². The van der Waals surface area contributed by atoms with Crippen molar-refractivity contribution in [2.45, 2.75) is 69.2 Å². The summed E-state index contributed by atoms with van der Waals surface area (Å²) in [6.45, 7) is 1.88. The van der Waals surface area contributed by atoms with E-state index in [0.717, 1.165) is 24.8 Å². The molecule has 0 saturated carbocycles. The first-order chi connectivity index (χ1) is 19.2. The predicted octanol–water partition coefficient (Wildman–Crippen LogP) is 2.88. The lowest BCUT2D eigenvalue weighted by Gasteiger charge is -2.32. The summed E-state index contributed by atoms with van der Waals surface area (Å²) in [6.07, 6.45) is 4.20. The van der Waals surface area contributed by atoms with Gasteiger partial charge in [-0.15, -0.1) is 0 Å². The van der Waals surface area contributed by atoms with Gasteiger partial charge in [0.1, 0.15) is 6.04 Å². The van der Waals surface area contributed by atoms with Crippen LogP contribution in [0.25, 0.3) is 0 Å². The first-order valence-electron chi connectivity index (χ1n) is 13.9. The van der Waals surface area contributed by atoms with Crippen molar-refractivity contribution < 1.29 is 9.59 Å². The van der Waals surface area contributed by atoms with Gasteiger partial charge in [-0.25, -0.2) is 0 Å². The largest absolute Gasteiger partial charge is 0.370 e. The molecule has 1 unspecified atom stereocenters. The Bertz CT molecular complexity index is 1180. The summed E-state index contributed by atoms with van der Waals surface area (Å²) in [5.41, 5.74) is 13.9. The van der Waals surface area contributed by atoms with Crippen LogP contribution in [-0.4, -0.2) is 71.4 Å². The number of guanidine groups is 1. The number of nitrogens with zero attached hydrogens (tertiary/aromatic N) is 2. The van der Waals surface area contributed by atoms with Gasteiger partial charge in [0.25, 0.3) is 0 Å². The van der Waals surface area contributed by atoms with Gasteiger partial charge >= 0.3 is 0 Å². The normalized spacial score (nSPS) is 21.9. The minimum Gasteiger partial charge on any atom is -0.370 e. The summed E-state index contributed by atoms with van der Waals surface area (Å²) in [6, 6.07) is 14.7. The van der Waals surface area contributed by atoms with Gasteiger partial charge < -0.3 is 27.0 Å². The maximum Gasteiger partial charge on any atom is 0.243 e. The zero-order chi connectivity index (χ0) is 28.6. The molecule has 216 valence electrons. The number of nitrogens with one attached hydrogen (secondary N) is 3. The average molecular weight is 589 g/mol. The van der Waals surface area contributed by atoms with Crippen LogP contribution in [-0.2, 0) is 22.6 Å². The van der Waals surface area contributed by atoms with E-state index >= 15 is 0 Å². The molecule has 0 aromatic heterocycles. The molecule has 0 aliphatic carbocycles. The average Bonchev–Trinajstić information content (AvgIpc) is 3.28. The molecule has 2 heterocycles. The van der Waals surface area contributed by atoms with Crippen molar-refractivity contribution in [1.29, 1.82) is 5.41 Å². The molecule has 2 aromatic carbocycles. The molecule has 11 heteroatoms. The molecular formula is C29H39Cl2N7O2. The second-order valence-corrected chi connectivity index (χ2v) is 11.5. The fraction of sp³-hybridized carbons (Fsp3) is 0.483. The fourth-order valence-electron chi connectivity index (χ4n) is 5.80. The number of hydrogen-bond donors (Lipinski definition) is 5. The summed E-state index contributed by atoms with van der Waals surface area (Å²) in [5, 5.41) is 14.1. The van der Waals surface area contributed by atoms with Crippen molar-refractivity contribution in [2.24, 2.45) is 11.5 Å². The van der Waals surface area contributed by atoms with Gasteiger partial charge in [-0.1, -0.05) is 59.6 Å². The second kappa shape index (κ2) is 14.2. The molecule has 0 radical (unpaired) electrons. The van der Waals surface area contributed by atoms with Crippen LogP contribution in [0.3, 0.4) is 0 Å². The Balaban J connectivity index is 1.50. The van der Waals surface area contributed by atoms with Crippen molar-refractivity contribution in [3.63, 3.8) is 0 Å². The molecule has 0 bridgehead atoms. The standard InChI is InChI=1S/C29H39Cl2N7O2/c30-23-11-9-20(15-24(23)31)17-36-27(39)25(7-4-13-35-29(33)34)37-14-12-22(10-8-19-5-2-1-3-6-19)38-18-21(32)16-26(38)28(37)40/h1-3,5-6,9,11,15,21-22,25-26H,4,7-8,10,12-14,16-18,32H2,(H,36,39)(H4,33,34,35)/t21-,22?,25-,26+/m1/s1. The van der Waals surface area contributed by atoms with Crippen LogP contribution >= 0.6 is 23.2 Å². The van der Waals surface area contributed by atoms with Gasteiger partial charge in [0.2, 0.25) is 11.8 Å². The Morgan fingerprint density at radius 2 is 1.88 bits per heavy atom. The van der Waals surface area contributed by atoms with Crippen LogP contribution in [0.5, 0.6) is 0 Å². The minimum atomic E-state index is -0.657. The van der Waals surface area contributed by atoms with Crippen molar-refractivity contribution in [3.05, 3.63) is 69.7 Å². The molecule has 7 N–H and O–H groups in total. The number of carbonyl (C=O) groups excluding carboxylic acids is 2. The van der Waals surface area contributed by atoms with Crippen LogP contribution in [0.4, 0.5) is 0 Å². The van der Waals surface area contributed by atoms with Crippen LogP contribution in [0.2, 0.25) is 10.0 Å². The third-order valence-corrected chi connectivity index (χ3v) is 8.56. The SMILES string of the molecule is N=C(N)NCCC[C@H](C(=O)NCc1ccc(Cl)c(Cl)c1)N1CCC(CCc2ccccc2)N2C[C@H](N)C[C@H]2C1=O. The van der Waals surface area contributed by atoms with E-state index in [0.29, 0.717) is 48.9 Å². The Labute approximate surface area is 246 Å². The lowest BCUT2D eigenvalue weighted by molar-refractivity contribution is -0.143. The van der Waals surface area contributed by atoms with E-state index in [1.807, 2.05) is 24.3 Å². The van der Waals surface area contributed by atoms with E-state index in [1.165, 1.54) is 5.56 Å². The number of amides is 2. The molecule has 40 heavy (non-hydrogen) atoms. The maximum absolute atomic E-state index is 14.0. The van der Waals surface area contributed by atoms with E-state index in [1.54, 1.807) is 17.0 Å². The Morgan fingerprint density at radius 1 is 1.10 bits per heavy atom. The molecule has 2 fully saturated rings. The number of nitrogens with two attached hydrogens (primary N) is 2. The fourth-order valence-corrected chi connectivity index (χ4v) is 6.12. The highest BCUT2D eigenvalue weighted by molar-refractivity contribution is 6.42. The molecule has 9 nitrogen and oxygen atoms in total. The highest BCUT2D eigenvalue weighted by Gasteiger charge is 2.45. The maximum atomic E-state index is 14.0. The molecule has 4 atom stereocenters. The van der Waals surface area contributed by atoms with E-state index in [9.17, 15) is 9.59 Å². The van der Waals surface area contributed by atoms with Crippen LogP contribution in [0.1, 0.15) is 43.2 Å². The molecule has 4 rings (SSSR count). The van der Waals surface area contributed by atoms with Gasteiger partial charge in [-0.2, -0.15) is 0 Å². The van der Waals surface area contributed by atoms with Gasteiger partial charge in [-0.05, 0) is 61.8 Å². The van der Waals surface area contributed by atoms with Crippen LogP contribution < -0.4 is 22.1 Å². The molecule has 0 spiro atoms. The van der Waals surface area contributed by atoms with Crippen molar-refractivity contribution in [1.82, 2.24) is 20.4 Å². The van der Waals surface area contributed by atoms with E-state index < -0.39 is 6.04 Å². The molecule has 2 aromatic rings. The monoisotopic (exact) mass is 587 g/mol. The first-order valence-corrected chi connectivity index (χ1v) is 14.6. The number of aryl methyl sites for hydroxylation is 1. The third kappa shape index (κ3) is 7.87. The molecular weight excluding hydrogens is 549 g/mol. The number of fused-ring (bicyclic) bond motifs is 1.